The van der Waals surface area contributed by atoms with Gasteiger partial charge >= 0.3 is 6.18 Å². The summed E-state index contributed by atoms with van der Waals surface area (Å²) in [4.78, 5) is 6.92. The summed E-state index contributed by atoms with van der Waals surface area (Å²) < 4.78 is 40.4. The van der Waals surface area contributed by atoms with E-state index < -0.39 is 11.7 Å². The Hall–Kier alpha value is -1.82. The Labute approximate surface area is 145 Å². The van der Waals surface area contributed by atoms with Gasteiger partial charge in [0.25, 0.3) is 0 Å². The summed E-state index contributed by atoms with van der Waals surface area (Å²) in [6.45, 7) is 4.70. The fourth-order valence-electron chi connectivity index (χ4n) is 3.81. The molecule has 0 N–H and O–H groups in total. The van der Waals surface area contributed by atoms with Crippen LogP contribution in [0, 0.1) is 6.92 Å². The second-order valence-electron chi connectivity index (χ2n) is 7.27. The second-order valence-corrected chi connectivity index (χ2v) is 7.27. The quantitative estimate of drug-likeness (QED) is 0.808. The van der Waals surface area contributed by atoms with Crippen molar-refractivity contribution >= 4 is 0 Å². The number of alkyl halides is 3. The molecule has 0 spiro atoms. The van der Waals surface area contributed by atoms with Crippen molar-refractivity contribution in [2.45, 2.75) is 50.9 Å². The SMILES string of the molecule is Cc1cnc(C2CC2)n1C1CCN(Cc2ccc(C(F)(F)F)cc2)C1. The smallest absolute Gasteiger partial charge is 0.328 e. The van der Waals surface area contributed by atoms with E-state index in [0.717, 1.165) is 25.1 Å². The molecule has 1 saturated carbocycles. The zero-order valence-electron chi connectivity index (χ0n) is 14.3. The highest BCUT2D eigenvalue weighted by Gasteiger charge is 2.33. The molecular weight excluding hydrogens is 327 g/mol. The largest absolute Gasteiger partial charge is 0.416 e. The average Bonchev–Trinajstić information content (AvgIpc) is 3.19. The lowest BCUT2D eigenvalue weighted by Crippen LogP contribution is -2.22. The molecule has 25 heavy (non-hydrogen) atoms. The van der Waals surface area contributed by atoms with Gasteiger partial charge in [0.2, 0.25) is 0 Å². The van der Waals surface area contributed by atoms with Crippen LogP contribution in [0.2, 0.25) is 0 Å². The van der Waals surface area contributed by atoms with Crippen molar-refractivity contribution in [2.24, 2.45) is 0 Å². The van der Waals surface area contributed by atoms with Crippen molar-refractivity contribution in [1.29, 1.82) is 0 Å². The summed E-state index contributed by atoms with van der Waals surface area (Å²) in [5, 5.41) is 0. The minimum atomic E-state index is -4.27. The first kappa shape index (κ1) is 16.6. The number of benzene rings is 1. The molecule has 2 aliphatic rings. The fourth-order valence-corrected chi connectivity index (χ4v) is 3.81. The molecular formula is C19H22F3N3. The number of hydrogen-bond donors (Lipinski definition) is 0. The van der Waals surface area contributed by atoms with Crippen LogP contribution in [0.4, 0.5) is 13.2 Å². The number of aromatic nitrogens is 2. The predicted molar refractivity (Wildman–Crippen MR) is 89.3 cm³/mol. The summed E-state index contributed by atoms with van der Waals surface area (Å²) in [6, 6.07) is 5.96. The van der Waals surface area contributed by atoms with Gasteiger partial charge in [-0.25, -0.2) is 4.98 Å². The van der Waals surface area contributed by atoms with E-state index in [4.69, 9.17) is 0 Å². The molecule has 1 atom stereocenters. The van der Waals surface area contributed by atoms with Gasteiger partial charge in [0, 0.05) is 43.5 Å². The molecule has 1 aromatic heterocycles. The molecule has 4 rings (SSSR count). The van der Waals surface area contributed by atoms with E-state index in [1.54, 1.807) is 12.1 Å². The third kappa shape index (κ3) is 3.45. The van der Waals surface area contributed by atoms with E-state index in [1.165, 1.54) is 36.5 Å². The second kappa shape index (κ2) is 6.16. The van der Waals surface area contributed by atoms with Crippen molar-refractivity contribution < 1.29 is 13.2 Å². The fraction of sp³-hybridized carbons (Fsp3) is 0.526. The summed E-state index contributed by atoms with van der Waals surface area (Å²) in [5.41, 5.74) is 1.56. The molecule has 3 nitrogen and oxygen atoms in total. The molecule has 2 fully saturated rings. The molecule has 0 amide bonds. The number of rotatable bonds is 4. The van der Waals surface area contributed by atoms with Crippen LogP contribution >= 0.6 is 0 Å². The van der Waals surface area contributed by atoms with Gasteiger partial charge in [0.05, 0.1) is 5.56 Å². The van der Waals surface area contributed by atoms with Crippen molar-refractivity contribution in [1.82, 2.24) is 14.5 Å². The maximum atomic E-state index is 12.7. The molecule has 6 heteroatoms. The first-order valence-electron chi connectivity index (χ1n) is 8.84. The lowest BCUT2D eigenvalue weighted by atomic mass is 10.1. The average molecular weight is 349 g/mol. The molecule has 1 unspecified atom stereocenters. The van der Waals surface area contributed by atoms with Crippen molar-refractivity contribution in [2.75, 3.05) is 13.1 Å². The molecule has 2 aromatic rings. The minimum Gasteiger partial charge on any atom is -0.328 e. The van der Waals surface area contributed by atoms with Crippen molar-refractivity contribution in [3.05, 3.63) is 53.1 Å². The third-order valence-electron chi connectivity index (χ3n) is 5.25. The first-order chi connectivity index (χ1) is 11.9. The predicted octanol–water partition coefficient (Wildman–Crippen LogP) is 4.53. The Morgan fingerprint density at radius 3 is 2.48 bits per heavy atom. The van der Waals surface area contributed by atoms with Gasteiger partial charge < -0.3 is 4.57 Å². The zero-order chi connectivity index (χ0) is 17.6. The monoisotopic (exact) mass is 349 g/mol. The lowest BCUT2D eigenvalue weighted by molar-refractivity contribution is -0.137. The van der Waals surface area contributed by atoms with Crippen LogP contribution in [0.1, 0.15) is 53.9 Å². The molecule has 0 radical (unpaired) electrons. The Morgan fingerprint density at radius 1 is 1.12 bits per heavy atom. The van der Waals surface area contributed by atoms with Crippen LogP contribution < -0.4 is 0 Å². The highest BCUT2D eigenvalue weighted by molar-refractivity contribution is 5.24. The van der Waals surface area contributed by atoms with Gasteiger partial charge in [-0.15, -0.1) is 0 Å². The van der Waals surface area contributed by atoms with E-state index in [-0.39, 0.29) is 0 Å². The Balaban J connectivity index is 1.42. The van der Waals surface area contributed by atoms with Gasteiger partial charge in [-0.05, 0) is 43.9 Å². The van der Waals surface area contributed by atoms with Crippen LogP contribution in [0.15, 0.2) is 30.5 Å². The molecule has 134 valence electrons. The number of likely N-dealkylation sites (tertiary alicyclic amines) is 1. The van der Waals surface area contributed by atoms with E-state index in [0.29, 0.717) is 18.5 Å². The summed E-state index contributed by atoms with van der Waals surface area (Å²) in [6.07, 6.45) is 1.23. The van der Waals surface area contributed by atoms with E-state index in [2.05, 4.69) is 21.4 Å². The van der Waals surface area contributed by atoms with Crippen LogP contribution in [0.3, 0.4) is 0 Å². The summed E-state index contributed by atoms with van der Waals surface area (Å²) in [7, 11) is 0. The van der Waals surface area contributed by atoms with Crippen molar-refractivity contribution in [3.8, 4) is 0 Å². The Morgan fingerprint density at radius 2 is 1.84 bits per heavy atom. The van der Waals surface area contributed by atoms with Crippen LogP contribution in [-0.2, 0) is 12.7 Å². The number of imidazole rings is 1. The molecule has 2 heterocycles. The summed E-state index contributed by atoms with van der Waals surface area (Å²) in [5.74, 6) is 1.84. The molecule has 1 aliphatic carbocycles. The van der Waals surface area contributed by atoms with Gasteiger partial charge in [-0.2, -0.15) is 13.2 Å². The Bertz CT molecular complexity index is 744. The van der Waals surface area contributed by atoms with Gasteiger partial charge in [0.1, 0.15) is 5.82 Å². The maximum Gasteiger partial charge on any atom is 0.416 e. The maximum absolute atomic E-state index is 12.7. The highest BCUT2D eigenvalue weighted by Crippen LogP contribution is 2.41. The number of nitrogens with zero attached hydrogens (tertiary/aromatic N) is 3. The van der Waals surface area contributed by atoms with Crippen LogP contribution in [0.25, 0.3) is 0 Å². The van der Waals surface area contributed by atoms with Gasteiger partial charge in [-0.3, -0.25) is 4.90 Å². The molecule has 1 aromatic carbocycles. The zero-order valence-corrected chi connectivity index (χ0v) is 14.3. The molecule has 1 saturated heterocycles. The topological polar surface area (TPSA) is 21.1 Å². The van der Waals surface area contributed by atoms with Gasteiger partial charge in [-0.1, -0.05) is 12.1 Å². The minimum absolute atomic E-state index is 0.424. The van der Waals surface area contributed by atoms with E-state index in [1.807, 2.05) is 6.20 Å². The van der Waals surface area contributed by atoms with Crippen LogP contribution in [-0.4, -0.2) is 27.5 Å². The Kier molecular flexibility index (Phi) is 4.10. The van der Waals surface area contributed by atoms with E-state index >= 15 is 0 Å². The normalized spacial score (nSPS) is 21.8. The molecule has 0 bridgehead atoms. The lowest BCUT2D eigenvalue weighted by Gasteiger charge is -2.20. The highest BCUT2D eigenvalue weighted by atomic mass is 19.4. The van der Waals surface area contributed by atoms with E-state index in [9.17, 15) is 13.2 Å². The third-order valence-corrected chi connectivity index (χ3v) is 5.25. The summed E-state index contributed by atoms with van der Waals surface area (Å²) >= 11 is 0. The van der Waals surface area contributed by atoms with Crippen molar-refractivity contribution in [3.63, 3.8) is 0 Å². The number of halogens is 3. The number of aryl methyl sites for hydroxylation is 1. The standard InChI is InChI=1S/C19H22F3N3/c1-13-10-23-18(15-4-5-15)25(13)17-8-9-24(12-17)11-14-2-6-16(7-3-14)19(20,21)22/h2-3,6-7,10,15,17H,4-5,8-9,11-12H2,1H3. The van der Waals surface area contributed by atoms with Crippen LogP contribution in [0.5, 0.6) is 0 Å². The number of hydrogen-bond acceptors (Lipinski definition) is 2. The molecule has 1 aliphatic heterocycles. The van der Waals surface area contributed by atoms with Gasteiger partial charge in [0.15, 0.2) is 0 Å². The first-order valence-corrected chi connectivity index (χ1v) is 8.84.